The highest BCUT2D eigenvalue weighted by Crippen LogP contribution is 2.41. The summed E-state index contributed by atoms with van der Waals surface area (Å²) in [5.74, 6) is -0.554. The summed E-state index contributed by atoms with van der Waals surface area (Å²) >= 11 is 12.9. The lowest BCUT2D eigenvalue weighted by atomic mass is 10.1. The number of halogens is 3. The molecular weight excluding hydrogens is 376 g/mol. The molecule has 3 rings (SSSR count). The standard InChI is InChI=1S/C16H8Cl2FNO3S/c17-10-3-1-2-9(6-10)14-13(20-15(24-14)23-16(21)22)8-4-5-12(19)11(18)7-8/h1-7H,(H,21,22). The molecule has 0 amide bonds. The van der Waals surface area contributed by atoms with Crippen molar-refractivity contribution < 1.29 is 19.0 Å². The molecule has 0 atom stereocenters. The van der Waals surface area contributed by atoms with Gasteiger partial charge in [0.1, 0.15) is 5.82 Å². The van der Waals surface area contributed by atoms with Crippen molar-refractivity contribution in [3.05, 3.63) is 58.3 Å². The lowest BCUT2D eigenvalue weighted by Gasteiger charge is -2.04. The van der Waals surface area contributed by atoms with Crippen molar-refractivity contribution in [1.82, 2.24) is 4.98 Å². The second-order valence-electron chi connectivity index (χ2n) is 4.66. The van der Waals surface area contributed by atoms with Crippen LogP contribution in [0.15, 0.2) is 42.5 Å². The van der Waals surface area contributed by atoms with Gasteiger partial charge in [0.25, 0.3) is 5.19 Å². The SMILES string of the molecule is O=C(O)Oc1nc(-c2ccc(F)c(Cl)c2)c(-c2cccc(Cl)c2)s1. The Hall–Kier alpha value is -2.15. The van der Waals surface area contributed by atoms with Gasteiger partial charge in [0, 0.05) is 10.6 Å². The first kappa shape index (κ1) is 16.7. The predicted octanol–water partition coefficient (Wildman–Crippen LogP) is 5.98. The van der Waals surface area contributed by atoms with E-state index < -0.39 is 12.0 Å². The molecule has 122 valence electrons. The number of aromatic nitrogens is 1. The Labute approximate surface area is 150 Å². The zero-order chi connectivity index (χ0) is 17.3. The maximum Gasteiger partial charge on any atom is 0.513 e. The van der Waals surface area contributed by atoms with Crippen molar-refractivity contribution >= 4 is 40.7 Å². The first-order chi connectivity index (χ1) is 11.4. The molecule has 0 unspecified atom stereocenters. The van der Waals surface area contributed by atoms with E-state index in [-0.39, 0.29) is 10.2 Å². The van der Waals surface area contributed by atoms with Crippen LogP contribution in [-0.2, 0) is 0 Å². The number of benzene rings is 2. The minimum Gasteiger partial charge on any atom is -0.449 e. The zero-order valence-electron chi connectivity index (χ0n) is 11.8. The highest BCUT2D eigenvalue weighted by atomic mass is 35.5. The number of nitrogens with zero attached hydrogens (tertiary/aromatic N) is 1. The molecule has 0 aliphatic rings. The third-order valence-electron chi connectivity index (χ3n) is 3.06. The van der Waals surface area contributed by atoms with Gasteiger partial charge in [0.05, 0.1) is 15.6 Å². The predicted molar refractivity (Wildman–Crippen MR) is 91.6 cm³/mol. The number of carbonyl (C=O) groups is 1. The summed E-state index contributed by atoms with van der Waals surface area (Å²) in [4.78, 5) is 15.6. The second-order valence-corrected chi connectivity index (χ2v) is 6.47. The van der Waals surface area contributed by atoms with E-state index in [0.717, 1.165) is 16.9 Å². The summed E-state index contributed by atoms with van der Waals surface area (Å²) in [5, 5.41) is 9.20. The van der Waals surface area contributed by atoms with Gasteiger partial charge in [-0.05, 0) is 35.9 Å². The Morgan fingerprint density at radius 3 is 2.62 bits per heavy atom. The van der Waals surface area contributed by atoms with E-state index in [4.69, 9.17) is 28.3 Å². The average molecular weight is 384 g/mol. The maximum absolute atomic E-state index is 13.4. The Balaban J connectivity index is 2.17. The van der Waals surface area contributed by atoms with Crippen LogP contribution in [0, 0.1) is 5.82 Å². The summed E-state index contributed by atoms with van der Waals surface area (Å²) in [6.07, 6.45) is -1.47. The quantitative estimate of drug-likeness (QED) is 0.565. The van der Waals surface area contributed by atoms with Crippen LogP contribution in [0.5, 0.6) is 5.19 Å². The van der Waals surface area contributed by atoms with E-state index in [1.807, 2.05) is 0 Å². The lowest BCUT2D eigenvalue weighted by Crippen LogP contribution is -2.02. The first-order valence-corrected chi connectivity index (χ1v) is 8.14. The van der Waals surface area contributed by atoms with E-state index in [1.54, 1.807) is 24.3 Å². The molecule has 0 saturated carbocycles. The van der Waals surface area contributed by atoms with Gasteiger partial charge >= 0.3 is 6.16 Å². The molecule has 0 fully saturated rings. The monoisotopic (exact) mass is 383 g/mol. The van der Waals surface area contributed by atoms with Gasteiger partial charge in [-0.2, -0.15) is 0 Å². The molecule has 3 aromatic rings. The maximum atomic E-state index is 13.4. The molecule has 0 aliphatic carbocycles. The van der Waals surface area contributed by atoms with E-state index >= 15 is 0 Å². The molecule has 1 N–H and O–H groups in total. The Morgan fingerprint density at radius 2 is 1.96 bits per heavy atom. The van der Waals surface area contributed by atoms with Crippen molar-refractivity contribution in [2.45, 2.75) is 0 Å². The van der Waals surface area contributed by atoms with Crippen LogP contribution in [0.2, 0.25) is 10.0 Å². The molecule has 1 heterocycles. The van der Waals surface area contributed by atoms with E-state index in [9.17, 15) is 9.18 Å². The van der Waals surface area contributed by atoms with Crippen LogP contribution in [0.4, 0.5) is 9.18 Å². The number of rotatable bonds is 3. The molecule has 24 heavy (non-hydrogen) atoms. The lowest BCUT2D eigenvalue weighted by molar-refractivity contribution is 0.144. The van der Waals surface area contributed by atoms with Gasteiger partial charge in [-0.25, -0.2) is 14.2 Å². The van der Waals surface area contributed by atoms with Crippen LogP contribution in [-0.4, -0.2) is 16.2 Å². The molecule has 1 aromatic heterocycles. The minimum absolute atomic E-state index is 0.0482. The topological polar surface area (TPSA) is 59.4 Å². The molecular formula is C16H8Cl2FNO3S. The second kappa shape index (κ2) is 6.76. The van der Waals surface area contributed by atoms with E-state index in [2.05, 4.69) is 9.72 Å². The third-order valence-corrected chi connectivity index (χ3v) is 4.57. The molecule has 2 aromatic carbocycles. The summed E-state index contributed by atoms with van der Waals surface area (Å²) in [7, 11) is 0. The van der Waals surface area contributed by atoms with Gasteiger partial charge in [-0.15, -0.1) is 0 Å². The van der Waals surface area contributed by atoms with Crippen molar-refractivity contribution in [3.8, 4) is 26.9 Å². The molecule has 0 saturated heterocycles. The highest BCUT2D eigenvalue weighted by Gasteiger charge is 2.18. The molecule has 0 spiro atoms. The zero-order valence-corrected chi connectivity index (χ0v) is 14.1. The summed E-state index contributed by atoms with van der Waals surface area (Å²) in [5.41, 5.74) is 1.70. The summed E-state index contributed by atoms with van der Waals surface area (Å²) < 4.78 is 18.0. The number of hydrogen-bond acceptors (Lipinski definition) is 4. The fraction of sp³-hybridized carbons (Fsp3) is 0. The Morgan fingerprint density at radius 1 is 1.17 bits per heavy atom. The van der Waals surface area contributed by atoms with E-state index in [1.165, 1.54) is 18.2 Å². The first-order valence-electron chi connectivity index (χ1n) is 6.57. The van der Waals surface area contributed by atoms with Gasteiger partial charge in [-0.3, -0.25) is 0 Å². The van der Waals surface area contributed by atoms with Crippen molar-refractivity contribution in [2.24, 2.45) is 0 Å². The van der Waals surface area contributed by atoms with Crippen LogP contribution < -0.4 is 4.74 Å². The normalized spacial score (nSPS) is 10.6. The summed E-state index contributed by atoms with van der Waals surface area (Å²) in [6.45, 7) is 0. The van der Waals surface area contributed by atoms with Crippen molar-refractivity contribution in [1.29, 1.82) is 0 Å². The fourth-order valence-corrected chi connectivity index (χ4v) is 3.38. The van der Waals surface area contributed by atoms with Crippen LogP contribution >= 0.6 is 34.5 Å². The molecule has 0 bridgehead atoms. The van der Waals surface area contributed by atoms with Gasteiger partial charge in [0.2, 0.25) is 0 Å². The summed E-state index contributed by atoms with van der Waals surface area (Å²) in [6, 6.07) is 11.1. The van der Waals surface area contributed by atoms with Crippen LogP contribution in [0.3, 0.4) is 0 Å². The van der Waals surface area contributed by atoms with Gasteiger partial charge in [-0.1, -0.05) is 46.7 Å². The molecule has 0 radical (unpaired) electrons. The van der Waals surface area contributed by atoms with Gasteiger partial charge < -0.3 is 9.84 Å². The molecule has 4 nitrogen and oxygen atoms in total. The van der Waals surface area contributed by atoms with Gasteiger partial charge in [0.15, 0.2) is 0 Å². The Bertz CT molecular complexity index is 929. The van der Waals surface area contributed by atoms with E-state index in [0.29, 0.717) is 21.2 Å². The Kier molecular flexibility index (Phi) is 4.71. The molecule has 8 heteroatoms. The average Bonchev–Trinajstić information content (AvgIpc) is 2.93. The highest BCUT2D eigenvalue weighted by molar-refractivity contribution is 7.17. The largest absolute Gasteiger partial charge is 0.513 e. The van der Waals surface area contributed by atoms with Crippen molar-refractivity contribution in [3.63, 3.8) is 0 Å². The third kappa shape index (κ3) is 3.51. The van der Waals surface area contributed by atoms with Crippen molar-refractivity contribution in [2.75, 3.05) is 0 Å². The van der Waals surface area contributed by atoms with Crippen LogP contribution in [0.1, 0.15) is 0 Å². The number of hydrogen-bond donors (Lipinski definition) is 1. The smallest absolute Gasteiger partial charge is 0.449 e. The number of ether oxygens (including phenoxy) is 1. The van der Waals surface area contributed by atoms with Crippen LogP contribution in [0.25, 0.3) is 21.7 Å². The fourth-order valence-electron chi connectivity index (χ4n) is 2.08. The minimum atomic E-state index is -1.47. The number of carboxylic acid groups (broad SMARTS) is 1. The molecule has 0 aliphatic heterocycles. The number of thiazole rings is 1.